The van der Waals surface area contributed by atoms with E-state index in [4.69, 9.17) is 0 Å². The predicted molar refractivity (Wildman–Crippen MR) is 47.5 cm³/mol. The first-order chi connectivity index (χ1) is 6.72. The lowest BCUT2D eigenvalue weighted by atomic mass is 10.2. The summed E-state index contributed by atoms with van der Waals surface area (Å²) in [6, 6.07) is 4.64. The molecule has 0 spiro atoms. The fraction of sp³-hybridized carbons (Fsp3) is 0.222. The monoisotopic (exact) mass is 190 g/mol. The van der Waals surface area contributed by atoms with Crippen molar-refractivity contribution in [3.8, 4) is 0 Å². The number of aryl methyl sites for hydroxylation is 1. The lowest BCUT2D eigenvalue weighted by molar-refractivity contribution is -0.255. The lowest BCUT2D eigenvalue weighted by Gasteiger charge is -2.01. The number of carbonyl (C=O) groups is 1. The van der Waals surface area contributed by atoms with Gasteiger partial charge in [-0.15, -0.1) is 5.10 Å². The number of hydrogen-bond donors (Lipinski definition) is 0. The molecule has 0 saturated carbocycles. The highest BCUT2D eigenvalue weighted by molar-refractivity contribution is 5.90. The zero-order valence-corrected chi connectivity index (χ0v) is 7.60. The molecular weight excluding hydrogens is 182 g/mol. The first-order valence-electron chi connectivity index (χ1n) is 4.27. The summed E-state index contributed by atoms with van der Waals surface area (Å²) in [5, 5.41) is 18.3. The normalized spacial score (nSPS) is 10.6. The molecule has 0 fully saturated rings. The Morgan fingerprint density at radius 1 is 1.57 bits per heavy atom. The first kappa shape index (κ1) is 8.68. The van der Waals surface area contributed by atoms with Crippen molar-refractivity contribution in [3.63, 3.8) is 0 Å². The molecule has 0 aliphatic rings. The van der Waals surface area contributed by atoms with Crippen molar-refractivity contribution >= 4 is 17.0 Å². The number of carbonyl (C=O) groups excluding carboxylic acids is 1. The van der Waals surface area contributed by atoms with Crippen molar-refractivity contribution in [2.45, 2.75) is 13.5 Å². The smallest absolute Gasteiger partial charge is 0.113 e. The predicted octanol–water partition coefficient (Wildman–Crippen LogP) is -0.185. The average Bonchev–Trinajstić information content (AvgIpc) is 2.59. The second-order valence-electron chi connectivity index (χ2n) is 2.90. The van der Waals surface area contributed by atoms with Crippen LogP contribution in [0, 0.1) is 0 Å². The zero-order valence-electron chi connectivity index (χ0n) is 7.60. The Morgan fingerprint density at radius 2 is 2.36 bits per heavy atom. The summed E-state index contributed by atoms with van der Waals surface area (Å²) in [5.41, 5.74) is 1.53. The van der Waals surface area contributed by atoms with Crippen LogP contribution >= 0.6 is 0 Å². The third-order valence-electron chi connectivity index (χ3n) is 2.05. The number of hydrogen-bond acceptors (Lipinski definition) is 4. The molecular formula is C9H8N3O2-. The highest BCUT2D eigenvalue weighted by Crippen LogP contribution is 2.12. The Bertz CT molecular complexity index is 490. The van der Waals surface area contributed by atoms with Crippen molar-refractivity contribution in [1.82, 2.24) is 15.0 Å². The van der Waals surface area contributed by atoms with Crippen molar-refractivity contribution in [2.75, 3.05) is 0 Å². The highest BCUT2D eigenvalue weighted by Gasteiger charge is 2.03. The second kappa shape index (κ2) is 3.10. The van der Waals surface area contributed by atoms with Gasteiger partial charge in [0.05, 0.1) is 11.5 Å². The largest absolute Gasteiger partial charge is 0.545 e. The van der Waals surface area contributed by atoms with Crippen molar-refractivity contribution in [2.24, 2.45) is 0 Å². The van der Waals surface area contributed by atoms with Gasteiger partial charge in [-0.25, -0.2) is 4.68 Å². The molecule has 0 unspecified atom stereocenters. The molecule has 0 atom stereocenters. The number of fused-ring (bicyclic) bond motifs is 1. The Labute approximate surface area is 80.0 Å². The van der Waals surface area contributed by atoms with E-state index in [0.29, 0.717) is 12.1 Å². The standard InChI is InChI=1S/C9H9N3O2/c1-2-12-8-4-3-6(9(13)14)5-7(8)10-11-12/h3-5H,2H2,1H3,(H,13,14)/p-1. The van der Waals surface area contributed by atoms with Crippen LogP contribution in [0.4, 0.5) is 0 Å². The molecule has 0 bridgehead atoms. The molecule has 1 heterocycles. The van der Waals surface area contributed by atoms with Gasteiger partial charge >= 0.3 is 0 Å². The lowest BCUT2D eigenvalue weighted by Crippen LogP contribution is -2.21. The minimum atomic E-state index is -1.20. The van der Waals surface area contributed by atoms with Gasteiger partial charge in [0.25, 0.3) is 0 Å². The Balaban J connectivity index is 2.63. The Kier molecular flexibility index (Phi) is 1.92. The van der Waals surface area contributed by atoms with E-state index < -0.39 is 5.97 Å². The summed E-state index contributed by atoms with van der Waals surface area (Å²) in [6.45, 7) is 2.65. The maximum atomic E-state index is 10.6. The summed E-state index contributed by atoms with van der Waals surface area (Å²) in [4.78, 5) is 10.6. The minimum Gasteiger partial charge on any atom is -0.545 e. The maximum absolute atomic E-state index is 10.6. The van der Waals surface area contributed by atoms with Crippen LogP contribution in [0.3, 0.4) is 0 Å². The molecule has 72 valence electrons. The molecule has 0 saturated heterocycles. The van der Waals surface area contributed by atoms with Crippen molar-refractivity contribution in [1.29, 1.82) is 0 Å². The molecule has 2 aromatic rings. The van der Waals surface area contributed by atoms with Crippen LogP contribution in [-0.2, 0) is 6.54 Å². The molecule has 0 aliphatic carbocycles. The first-order valence-corrected chi connectivity index (χ1v) is 4.27. The van der Waals surface area contributed by atoms with Crippen LogP contribution in [0.15, 0.2) is 18.2 Å². The zero-order chi connectivity index (χ0) is 10.1. The van der Waals surface area contributed by atoms with Gasteiger partial charge in [-0.2, -0.15) is 0 Å². The van der Waals surface area contributed by atoms with Crippen molar-refractivity contribution < 1.29 is 9.90 Å². The van der Waals surface area contributed by atoms with Gasteiger partial charge in [0, 0.05) is 6.54 Å². The second-order valence-corrected chi connectivity index (χ2v) is 2.90. The molecule has 0 radical (unpaired) electrons. The van der Waals surface area contributed by atoms with Gasteiger partial charge in [-0.3, -0.25) is 0 Å². The summed E-state index contributed by atoms with van der Waals surface area (Å²) in [6.07, 6.45) is 0. The van der Waals surface area contributed by atoms with Crippen LogP contribution in [0.1, 0.15) is 17.3 Å². The molecule has 5 nitrogen and oxygen atoms in total. The number of nitrogens with zero attached hydrogens (tertiary/aromatic N) is 3. The van der Waals surface area contributed by atoms with Gasteiger partial charge in [0.1, 0.15) is 5.52 Å². The molecule has 0 N–H and O–H groups in total. The molecule has 2 rings (SSSR count). The van der Waals surface area contributed by atoms with E-state index in [1.165, 1.54) is 12.1 Å². The molecule has 0 aliphatic heterocycles. The van der Waals surface area contributed by atoms with Crippen molar-refractivity contribution in [3.05, 3.63) is 23.8 Å². The Hall–Kier alpha value is -1.91. The summed E-state index contributed by atoms with van der Waals surface area (Å²) in [5.74, 6) is -1.20. The summed E-state index contributed by atoms with van der Waals surface area (Å²) in [7, 11) is 0. The molecule has 1 aromatic heterocycles. The highest BCUT2D eigenvalue weighted by atomic mass is 16.4. The summed E-state index contributed by atoms with van der Waals surface area (Å²) >= 11 is 0. The van der Waals surface area contributed by atoms with E-state index in [-0.39, 0.29) is 5.56 Å². The van der Waals surface area contributed by atoms with Gasteiger partial charge in [0.2, 0.25) is 0 Å². The fourth-order valence-electron chi connectivity index (χ4n) is 1.33. The molecule has 1 aromatic carbocycles. The van der Waals surface area contributed by atoms with Crippen LogP contribution in [-0.4, -0.2) is 21.0 Å². The van der Waals surface area contributed by atoms with E-state index in [2.05, 4.69) is 10.3 Å². The van der Waals surface area contributed by atoms with Gasteiger partial charge in [-0.1, -0.05) is 11.3 Å². The third-order valence-corrected chi connectivity index (χ3v) is 2.05. The minimum absolute atomic E-state index is 0.126. The van der Waals surface area contributed by atoms with Crippen LogP contribution in [0.5, 0.6) is 0 Å². The molecule has 5 heteroatoms. The van der Waals surface area contributed by atoms with E-state index >= 15 is 0 Å². The quantitative estimate of drug-likeness (QED) is 0.658. The Morgan fingerprint density at radius 3 is 3.00 bits per heavy atom. The van der Waals surface area contributed by atoms with Gasteiger partial charge in [0.15, 0.2) is 0 Å². The van der Waals surface area contributed by atoms with E-state index in [1.807, 2.05) is 6.92 Å². The van der Waals surface area contributed by atoms with Crippen LogP contribution in [0.2, 0.25) is 0 Å². The fourth-order valence-corrected chi connectivity index (χ4v) is 1.33. The number of aromatic carboxylic acids is 1. The molecule has 0 amide bonds. The maximum Gasteiger partial charge on any atom is 0.113 e. The number of carboxylic acids is 1. The number of aromatic nitrogens is 3. The third kappa shape index (κ3) is 1.22. The van der Waals surface area contributed by atoms with Crippen LogP contribution in [0.25, 0.3) is 11.0 Å². The van der Waals surface area contributed by atoms with Crippen LogP contribution < -0.4 is 5.11 Å². The topological polar surface area (TPSA) is 70.8 Å². The SMILES string of the molecule is CCn1nnc2cc(C(=O)[O-])ccc21. The van der Waals surface area contributed by atoms with E-state index in [0.717, 1.165) is 5.52 Å². The van der Waals surface area contributed by atoms with Gasteiger partial charge < -0.3 is 9.90 Å². The molecule has 14 heavy (non-hydrogen) atoms. The number of rotatable bonds is 2. The van der Waals surface area contributed by atoms with Gasteiger partial charge in [-0.05, 0) is 24.6 Å². The van der Waals surface area contributed by atoms with E-state index in [9.17, 15) is 9.90 Å². The van der Waals surface area contributed by atoms with E-state index in [1.54, 1.807) is 10.7 Å². The average molecular weight is 190 g/mol. The number of benzene rings is 1. The number of carboxylic acid groups (broad SMARTS) is 1. The summed E-state index contributed by atoms with van der Waals surface area (Å²) < 4.78 is 1.70.